The van der Waals surface area contributed by atoms with E-state index in [9.17, 15) is 28.7 Å². The molecular weight excluding hydrogens is 553 g/mol. The number of carbonyl (C=O) groups excluding carboxylic acids is 2. The zero-order chi connectivity index (χ0) is 29.3. The number of rotatable bonds is 5. The summed E-state index contributed by atoms with van der Waals surface area (Å²) in [6.07, 6.45) is 1.03. The summed E-state index contributed by atoms with van der Waals surface area (Å²) in [7, 11) is 0. The van der Waals surface area contributed by atoms with Crippen LogP contribution in [0.2, 0.25) is 0 Å². The Kier molecular flexibility index (Phi) is 7.81. The summed E-state index contributed by atoms with van der Waals surface area (Å²) in [6.45, 7) is 1.98. The molecule has 1 aliphatic carbocycles. The predicted molar refractivity (Wildman–Crippen MR) is 150 cm³/mol. The van der Waals surface area contributed by atoms with Gasteiger partial charge in [-0.15, -0.1) is 11.3 Å². The zero-order valence-corrected chi connectivity index (χ0v) is 22.6. The Morgan fingerprint density at radius 1 is 1.24 bits per heavy atom. The maximum atomic E-state index is 12.6. The Balaban J connectivity index is 0.000000287. The van der Waals surface area contributed by atoms with Gasteiger partial charge in [-0.1, -0.05) is 18.2 Å². The summed E-state index contributed by atoms with van der Waals surface area (Å²) >= 11 is 1.25. The summed E-state index contributed by atoms with van der Waals surface area (Å²) in [5.41, 5.74) is 7.75. The lowest BCUT2D eigenvalue weighted by Crippen LogP contribution is -2.28. The summed E-state index contributed by atoms with van der Waals surface area (Å²) in [5, 5.41) is 15.1. The molecule has 0 saturated carbocycles. The Hall–Kier alpha value is -4.62. The third-order valence-electron chi connectivity index (χ3n) is 6.72. The highest BCUT2D eigenvalue weighted by atomic mass is 32.1. The summed E-state index contributed by atoms with van der Waals surface area (Å²) in [6, 6.07) is 11.4. The molecule has 2 aromatic heterocycles. The topological polar surface area (TPSA) is 176 Å². The average Bonchev–Trinajstić information content (AvgIpc) is 3.51. The Morgan fingerprint density at radius 3 is 2.71 bits per heavy atom. The number of aromatic nitrogens is 2. The Bertz CT molecular complexity index is 1720. The molecule has 2 amide bonds. The number of hydrogen-bond donors (Lipinski definition) is 5. The number of anilines is 1. The number of aromatic amines is 1. The van der Waals surface area contributed by atoms with Crippen LogP contribution in [0.3, 0.4) is 0 Å². The van der Waals surface area contributed by atoms with Crippen LogP contribution in [0.15, 0.2) is 47.3 Å². The van der Waals surface area contributed by atoms with Gasteiger partial charge in [0.25, 0.3) is 17.4 Å². The summed E-state index contributed by atoms with van der Waals surface area (Å²) in [5.74, 6) is -2.32. The Morgan fingerprint density at radius 2 is 2.00 bits per heavy atom. The first-order valence-corrected chi connectivity index (χ1v) is 13.6. The van der Waals surface area contributed by atoms with Crippen molar-refractivity contribution in [3.8, 4) is 5.75 Å². The summed E-state index contributed by atoms with van der Waals surface area (Å²) < 4.78 is 17.6. The minimum Gasteiger partial charge on any atom is -0.482 e. The molecule has 3 heterocycles. The van der Waals surface area contributed by atoms with Crippen molar-refractivity contribution in [3.05, 3.63) is 86.0 Å². The van der Waals surface area contributed by atoms with Crippen LogP contribution in [0.5, 0.6) is 5.75 Å². The molecular formula is C28H26FN5O6S. The summed E-state index contributed by atoms with van der Waals surface area (Å²) in [4.78, 5) is 56.1. The number of fused-ring (bicyclic) bond motifs is 4. The highest BCUT2D eigenvalue weighted by molar-refractivity contribution is 7.18. The first kappa shape index (κ1) is 27.9. The molecule has 1 aliphatic heterocycles. The fourth-order valence-corrected chi connectivity index (χ4v) is 5.93. The van der Waals surface area contributed by atoms with Crippen LogP contribution in [0.1, 0.15) is 57.5 Å². The molecule has 4 aromatic rings. The second-order valence-electron chi connectivity index (χ2n) is 9.65. The molecule has 13 heteroatoms. The van der Waals surface area contributed by atoms with Crippen LogP contribution in [0.4, 0.5) is 10.1 Å². The number of nitrogens with zero attached hydrogens (tertiary/aromatic N) is 1. The molecule has 0 fully saturated rings. The average molecular weight is 580 g/mol. The van der Waals surface area contributed by atoms with Gasteiger partial charge >= 0.3 is 5.97 Å². The van der Waals surface area contributed by atoms with Crippen LogP contribution in [-0.2, 0) is 22.6 Å². The predicted octanol–water partition coefficient (Wildman–Crippen LogP) is 3.21. The van der Waals surface area contributed by atoms with Gasteiger partial charge in [0.2, 0.25) is 5.82 Å². The van der Waals surface area contributed by atoms with Gasteiger partial charge in [-0.05, 0) is 60.7 Å². The lowest BCUT2D eigenvalue weighted by atomic mass is 10.0. The smallest absolute Gasteiger partial charge is 0.311 e. The number of ether oxygens (including phenoxy) is 1. The van der Waals surface area contributed by atoms with Crippen LogP contribution in [0.25, 0.3) is 10.2 Å². The zero-order valence-electron chi connectivity index (χ0n) is 21.8. The van der Waals surface area contributed by atoms with Crippen molar-refractivity contribution in [2.24, 2.45) is 5.73 Å². The molecule has 0 spiro atoms. The first-order valence-electron chi connectivity index (χ1n) is 12.7. The number of H-pyrrole nitrogens is 1. The van der Waals surface area contributed by atoms with Gasteiger partial charge in [-0.3, -0.25) is 19.2 Å². The van der Waals surface area contributed by atoms with Gasteiger partial charge in [-0.25, -0.2) is 9.37 Å². The van der Waals surface area contributed by atoms with Gasteiger partial charge in [0.1, 0.15) is 16.4 Å². The third-order valence-corrected chi connectivity index (χ3v) is 7.88. The van der Waals surface area contributed by atoms with Crippen molar-refractivity contribution in [2.45, 2.75) is 38.3 Å². The second-order valence-corrected chi connectivity index (χ2v) is 10.7. The van der Waals surface area contributed by atoms with Gasteiger partial charge in [-0.2, -0.15) is 0 Å². The molecule has 2 aromatic carbocycles. The lowest BCUT2D eigenvalue weighted by molar-refractivity contribution is -0.138. The van der Waals surface area contributed by atoms with E-state index >= 15 is 0 Å². The fourth-order valence-electron chi connectivity index (χ4n) is 4.68. The minimum absolute atomic E-state index is 0.0133. The van der Waals surface area contributed by atoms with Crippen molar-refractivity contribution in [2.75, 3.05) is 11.9 Å². The molecule has 11 nitrogen and oxygen atoms in total. The molecule has 212 valence electrons. The third kappa shape index (κ3) is 5.95. The van der Waals surface area contributed by atoms with E-state index in [1.165, 1.54) is 23.5 Å². The fraction of sp³-hybridized carbons (Fsp3) is 0.250. The van der Waals surface area contributed by atoms with Gasteiger partial charge < -0.3 is 31.2 Å². The van der Waals surface area contributed by atoms with E-state index in [1.54, 1.807) is 30.3 Å². The van der Waals surface area contributed by atoms with Crippen LogP contribution < -0.4 is 26.7 Å². The molecule has 0 saturated heterocycles. The molecule has 0 radical (unpaired) electrons. The van der Waals surface area contributed by atoms with E-state index in [-0.39, 0.29) is 42.1 Å². The number of nitrogens with two attached hydrogens (primary N) is 1. The van der Waals surface area contributed by atoms with E-state index < -0.39 is 23.4 Å². The lowest BCUT2D eigenvalue weighted by Gasteiger charge is -2.18. The number of carbonyl (C=O) groups is 3. The number of benzene rings is 2. The number of carboxylic acids is 1. The highest BCUT2D eigenvalue weighted by Crippen LogP contribution is 2.42. The van der Waals surface area contributed by atoms with E-state index in [0.717, 1.165) is 16.0 Å². The van der Waals surface area contributed by atoms with E-state index in [4.69, 9.17) is 10.5 Å². The largest absolute Gasteiger partial charge is 0.482 e. The van der Waals surface area contributed by atoms with E-state index in [0.29, 0.717) is 34.7 Å². The van der Waals surface area contributed by atoms with Gasteiger partial charge in [0.15, 0.2) is 6.61 Å². The maximum absolute atomic E-state index is 12.6. The molecule has 0 bridgehead atoms. The number of nitrogens with one attached hydrogen (secondary N) is 3. The van der Waals surface area contributed by atoms with Crippen molar-refractivity contribution >= 4 is 45.0 Å². The molecule has 41 heavy (non-hydrogen) atoms. The SMILES string of the molecule is C[C@H](N)c1ccc(F)cc1.O=C1COc2ccc(CNC(=O)c3nc4sc5c(c4c(=O)[nH]3)C(C(=O)O)CC5)cc2N1. The van der Waals surface area contributed by atoms with Crippen molar-refractivity contribution in [1.29, 1.82) is 0 Å². The number of thiophene rings is 1. The molecule has 6 rings (SSSR count). The first-order chi connectivity index (χ1) is 19.6. The van der Waals surface area contributed by atoms with Crippen LogP contribution >= 0.6 is 11.3 Å². The Labute approximate surface area is 236 Å². The molecule has 2 atom stereocenters. The standard InChI is InChI=1S/C20H16N4O6S.C8H10FN/c25-13-7-30-11-3-1-8(5-10(11)22-13)6-21-18(27)16-23-17(26)15-14-9(20(28)29)2-4-12(14)31-19(15)24-16;1-6(10)7-2-4-8(9)5-3-7/h1,3,5,9H,2,4,6-7H2,(H,21,27)(H,22,25)(H,28,29)(H,23,24,26);2-6H,10H2,1H3/t;6-/m.0/s1. The minimum atomic E-state index is -0.966. The quantitative estimate of drug-likeness (QED) is 0.239. The number of halogens is 1. The number of carboxylic acid groups (broad SMARTS) is 1. The van der Waals surface area contributed by atoms with E-state index in [2.05, 4.69) is 20.6 Å². The maximum Gasteiger partial charge on any atom is 0.311 e. The highest BCUT2D eigenvalue weighted by Gasteiger charge is 2.34. The normalized spacial score (nSPS) is 16.0. The number of aliphatic carboxylic acids is 1. The molecule has 2 aliphatic rings. The van der Waals surface area contributed by atoms with Crippen LogP contribution in [-0.4, -0.2) is 39.5 Å². The second kappa shape index (κ2) is 11.5. The van der Waals surface area contributed by atoms with E-state index in [1.807, 2.05) is 6.92 Å². The van der Waals surface area contributed by atoms with Crippen molar-refractivity contribution < 1.29 is 28.6 Å². The van der Waals surface area contributed by atoms with Crippen molar-refractivity contribution in [3.63, 3.8) is 0 Å². The van der Waals surface area contributed by atoms with Crippen molar-refractivity contribution in [1.82, 2.24) is 15.3 Å². The number of aryl methyl sites for hydroxylation is 1. The monoisotopic (exact) mass is 579 g/mol. The molecule has 1 unspecified atom stereocenters. The molecule has 6 N–H and O–H groups in total. The van der Waals surface area contributed by atoms with Gasteiger partial charge in [0.05, 0.1) is 17.0 Å². The van der Waals surface area contributed by atoms with Gasteiger partial charge in [0, 0.05) is 17.5 Å². The number of amides is 2. The van der Waals surface area contributed by atoms with Crippen LogP contribution in [0, 0.1) is 5.82 Å². The number of hydrogen-bond acceptors (Lipinski definition) is 8.